The minimum Gasteiger partial charge on any atom is -0.339 e. The number of halogens is 2. The van der Waals surface area contributed by atoms with E-state index in [0.29, 0.717) is 37.1 Å². The average Bonchev–Trinajstić information content (AvgIpc) is 2.72. The lowest BCUT2D eigenvalue weighted by atomic mass is 9.96. The lowest BCUT2D eigenvalue weighted by Crippen LogP contribution is -2.43. The molecule has 2 aromatic carbocycles. The van der Waals surface area contributed by atoms with Crippen molar-refractivity contribution < 1.29 is 14.0 Å². The molecule has 0 spiro atoms. The van der Waals surface area contributed by atoms with Crippen molar-refractivity contribution >= 4 is 23.5 Å². The molecular weight excluding hydrogens is 381 g/mol. The Bertz CT molecular complexity index is 821. The van der Waals surface area contributed by atoms with Crippen molar-refractivity contribution in [1.29, 1.82) is 0 Å². The maximum absolute atomic E-state index is 13.8. The molecule has 0 bridgehead atoms. The molecule has 0 unspecified atom stereocenters. The quantitative estimate of drug-likeness (QED) is 0.797. The first kappa shape index (κ1) is 20.1. The molecule has 3 rings (SSSR count). The van der Waals surface area contributed by atoms with Crippen LogP contribution in [0.5, 0.6) is 0 Å². The Kier molecular flexibility index (Phi) is 6.87. The highest BCUT2D eigenvalue weighted by atomic mass is 35.5. The maximum Gasteiger partial charge on any atom is 0.315 e. The van der Waals surface area contributed by atoms with Gasteiger partial charge in [0.05, 0.1) is 5.56 Å². The normalized spacial score (nSPS) is 14.6. The predicted molar refractivity (Wildman–Crippen MR) is 107 cm³/mol. The van der Waals surface area contributed by atoms with Gasteiger partial charge < -0.3 is 15.5 Å². The third-order valence-electron chi connectivity index (χ3n) is 4.92. The van der Waals surface area contributed by atoms with Crippen LogP contribution >= 0.6 is 11.6 Å². The summed E-state index contributed by atoms with van der Waals surface area (Å²) in [7, 11) is 0. The summed E-state index contributed by atoms with van der Waals surface area (Å²) in [6, 6.07) is 13.1. The second-order valence-corrected chi connectivity index (χ2v) is 7.34. The van der Waals surface area contributed by atoms with Crippen molar-refractivity contribution in [3.63, 3.8) is 0 Å². The SMILES string of the molecule is O=C(NCc1ccc(Cl)cc1)NCC1CCN(C(=O)c2ccccc2F)CC1. The molecule has 0 radical (unpaired) electrons. The van der Waals surface area contributed by atoms with E-state index in [4.69, 9.17) is 11.6 Å². The van der Waals surface area contributed by atoms with Gasteiger partial charge in [0.1, 0.15) is 5.82 Å². The third kappa shape index (κ3) is 5.45. The first-order chi connectivity index (χ1) is 13.5. The second-order valence-electron chi connectivity index (χ2n) is 6.91. The van der Waals surface area contributed by atoms with Gasteiger partial charge in [0.15, 0.2) is 0 Å². The number of hydrogen-bond acceptors (Lipinski definition) is 2. The fourth-order valence-corrected chi connectivity index (χ4v) is 3.36. The zero-order valence-corrected chi connectivity index (χ0v) is 16.2. The summed E-state index contributed by atoms with van der Waals surface area (Å²) in [5.41, 5.74) is 1.08. The van der Waals surface area contributed by atoms with Gasteiger partial charge >= 0.3 is 6.03 Å². The highest BCUT2D eigenvalue weighted by molar-refractivity contribution is 6.30. The molecule has 28 heavy (non-hydrogen) atoms. The Balaban J connectivity index is 1.38. The van der Waals surface area contributed by atoms with Crippen molar-refractivity contribution in [2.75, 3.05) is 19.6 Å². The highest BCUT2D eigenvalue weighted by Gasteiger charge is 2.25. The Morgan fingerprint density at radius 2 is 1.71 bits per heavy atom. The van der Waals surface area contributed by atoms with E-state index in [2.05, 4.69) is 10.6 Å². The molecule has 1 aliphatic rings. The van der Waals surface area contributed by atoms with Crippen molar-refractivity contribution in [2.45, 2.75) is 19.4 Å². The number of amides is 3. The van der Waals surface area contributed by atoms with Crippen molar-refractivity contribution in [2.24, 2.45) is 5.92 Å². The fourth-order valence-electron chi connectivity index (χ4n) is 3.23. The van der Waals surface area contributed by atoms with Gasteiger partial charge in [-0.25, -0.2) is 9.18 Å². The zero-order chi connectivity index (χ0) is 19.9. The van der Waals surface area contributed by atoms with E-state index in [-0.39, 0.29) is 17.5 Å². The molecule has 5 nitrogen and oxygen atoms in total. The van der Waals surface area contributed by atoms with Crippen LogP contribution in [0.1, 0.15) is 28.8 Å². The largest absolute Gasteiger partial charge is 0.339 e. The van der Waals surface area contributed by atoms with Gasteiger partial charge in [-0.05, 0) is 48.6 Å². The summed E-state index contributed by atoms with van der Waals surface area (Å²) in [5, 5.41) is 6.35. The predicted octanol–water partition coefficient (Wildman–Crippen LogP) is 3.83. The standard InChI is InChI=1S/C21H23ClFN3O2/c22-17-7-5-15(6-8-17)13-24-21(28)25-14-16-9-11-26(12-10-16)20(27)18-3-1-2-4-19(18)23/h1-8,16H,9-14H2,(H2,24,25,28). The van der Waals surface area contributed by atoms with Crippen LogP contribution in [0.3, 0.4) is 0 Å². The highest BCUT2D eigenvalue weighted by Crippen LogP contribution is 2.19. The van der Waals surface area contributed by atoms with E-state index in [9.17, 15) is 14.0 Å². The van der Waals surface area contributed by atoms with E-state index < -0.39 is 5.82 Å². The zero-order valence-electron chi connectivity index (χ0n) is 15.5. The van der Waals surface area contributed by atoms with Crippen LogP contribution in [-0.4, -0.2) is 36.5 Å². The van der Waals surface area contributed by atoms with Crippen LogP contribution < -0.4 is 10.6 Å². The maximum atomic E-state index is 13.8. The number of benzene rings is 2. The molecule has 1 heterocycles. The molecule has 2 aromatic rings. The minimum absolute atomic E-state index is 0.112. The summed E-state index contributed by atoms with van der Waals surface area (Å²) >= 11 is 5.84. The van der Waals surface area contributed by atoms with Crippen molar-refractivity contribution in [3.8, 4) is 0 Å². The number of nitrogens with zero attached hydrogens (tertiary/aromatic N) is 1. The second kappa shape index (κ2) is 9.55. The van der Waals surface area contributed by atoms with Gasteiger partial charge in [-0.15, -0.1) is 0 Å². The number of piperidine rings is 1. The monoisotopic (exact) mass is 403 g/mol. The molecule has 0 aliphatic carbocycles. The van der Waals surface area contributed by atoms with Crippen LogP contribution in [-0.2, 0) is 6.54 Å². The van der Waals surface area contributed by atoms with Gasteiger partial charge in [0, 0.05) is 31.2 Å². The van der Waals surface area contributed by atoms with Gasteiger partial charge in [0.2, 0.25) is 0 Å². The van der Waals surface area contributed by atoms with E-state index in [1.54, 1.807) is 29.2 Å². The molecular formula is C21H23ClFN3O2. The third-order valence-corrected chi connectivity index (χ3v) is 5.18. The topological polar surface area (TPSA) is 61.4 Å². The molecule has 1 saturated heterocycles. The molecule has 0 aromatic heterocycles. The van der Waals surface area contributed by atoms with E-state index >= 15 is 0 Å². The Morgan fingerprint density at radius 3 is 2.39 bits per heavy atom. The molecule has 2 N–H and O–H groups in total. The Hall–Kier alpha value is -2.60. The molecule has 0 atom stereocenters. The molecule has 148 valence electrons. The number of likely N-dealkylation sites (tertiary alicyclic amines) is 1. The van der Waals surface area contributed by atoms with Crippen molar-refractivity contribution in [1.82, 2.24) is 15.5 Å². The summed E-state index contributed by atoms with van der Waals surface area (Å²) in [6.07, 6.45) is 1.55. The Labute approximate surface area is 168 Å². The number of rotatable bonds is 5. The number of hydrogen-bond donors (Lipinski definition) is 2. The lowest BCUT2D eigenvalue weighted by molar-refractivity contribution is 0.0686. The summed E-state index contributed by atoms with van der Waals surface area (Å²) in [6.45, 7) is 2.10. The lowest BCUT2D eigenvalue weighted by Gasteiger charge is -2.32. The van der Waals surface area contributed by atoms with E-state index in [1.807, 2.05) is 12.1 Å². The van der Waals surface area contributed by atoms with Crippen LogP contribution in [0, 0.1) is 11.7 Å². The molecule has 7 heteroatoms. The minimum atomic E-state index is -0.492. The van der Waals surface area contributed by atoms with Crippen LogP contribution in [0.2, 0.25) is 5.02 Å². The van der Waals surface area contributed by atoms with Crippen LogP contribution in [0.25, 0.3) is 0 Å². The Morgan fingerprint density at radius 1 is 1.04 bits per heavy atom. The van der Waals surface area contributed by atoms with Crippen molar-refractivity contribution in [3.05, 3.63) is 70.5 Å². The van der Waals surface area contributed by atoms with Gasteiger partial charge in [-0.2, -0.15) is 0 Å². The number of urea groups is 1. The van der Waals surface area contributed by atoms with Gasteiger partial charge in [-0.1, -0.05) is 35.9 Å². The summed E-state index contributed by atoms with van der Waals surface area (Å²) < 4.78 is 13.8. The molecule has 1 aliphatic heterocycles. The first-order valence-electron chi connectivity index (χ1n) is 9.33. The molecule has 0 saturated carbocycles. The average molecular weight is 404 g/mol. The first-order valence-corrected chi connectivity index (χ1v) is 9.70. The summed E-state index contributed by atoms with van der Waals surface area (Å²) in [4.78, 5) is 26.1. The number of carbonyl (C=O) groups excluding carboxylic acids is 2. The molecule has 3 amide bonds. The van der Waals surface area contributed by atoms with Crippen LogP contribution in [0.4, 0.5) is 9.18 Å². The van der Waals surface area contributed by atoms with E-state index in [0.717, 1.165) is 18.4 Å². The fraction of sp³-hybridized carbons (Fsp3) is 0.333. The smallest absolute Gasteiger partial charge is 0.315 e. The van der Waals surface area contributed by atoms with Crippen LogP contribution in [0.15, 0.2) is 48.5 Å². The summed E-state index contributed by atoms with van der Waals surface area (Å²) in [5.74, 6) is -0.468. The number of carbonyl (C=O) groups is 2. The van der Waals surface area contributed by atoms with E-state index in [1.165, 1.54) is 12.1 Å². The van der Waals surface area contributed by atoms with Gasteiger partial charge in [0.25, 0.3) is 5.91 Å². The van der Waals surface area contributed by atoms with Gasteiger partial charge in [-0.3, -0.25) is 4.79 Å². The number of nitrogens with one attached hydrogen (secondary N) is 2. The molecule has 1 fully saturated rings.